The molecule has 0 radical (unpaired) electrons. The van der Waals surface area contributed by atoms with E-state index in [4.69, 9.17) is 4.74 Å². The molecule has 2 aliphatic rings. The van der Waals surface area contributed by atoms with Crippen LogP contribution in [0.4, 0.5) is 9.18 Å². The number of thioether (sulfide) groups is 1. The molecule has 0 aromatic heterocycles. The average molecular weight is 706 g/mol. The van der Waals surface area contributed by atoms with E-state index in [2.05, 4.69) is 45.2 Å². The number of carbonyl (C=O) groups excluding carboxylic acids is 3. The van der Waals surface area contributed by atoms with Crippen molar-refractivity contribution in [2.45, 2.75) is 25.9 Å². The third-order valence-corrected chi connectivity index (χ3v) is 8.03. The maximum Gasteiger partial charge on any atom is 0.294 e. The first-order valence-electron chi connectivity index (χ1n) is 10.7. The highest BCUT2D eigenvalue weighted by molar-refractivity contribution is 14.1. The first kappa shape index (κ1) is 25.4. The third-order valence-electron chi connectivity index (χ3n) is 5.52. The van der Waals surface area contributed by atoms with Crippen molar-refractivity contribution >= 4 is 80.1 Å². The molecule has 0 N–H and O–H groups in total. The molecule has 178 valence electrons. The van der Waals surface area contributed by atoms with E-state index in [1.165, 1.54) is 6.07 Å². The minimum absolute atomic E-state index is 0.0992. The number of ether oxygens (including phenoxy) is 1. The standard InChI is InChI=1S/C24H21FI2N2O4S/c25-17-7-3-2-6-16(17)14-33-22-18(26)10-15(11-19(22)27)12-20-23(31)29(24(32)34-20)13-21(30)28-8-4-1-5-9-28/h2-3,6-7,10-12H,1,4-5,8-9,13-14H2/b20-12-. The minimum Gasteiger partial charge on any atom is -0.487 e. The van der Waals surface area contributed by atoms with Crippen molar-refractivity contribution in [2.75, 3.05) is 19.6 Å². The fourth-order valence-corrected chi connectivity index (χ4v) is 6.70. The van der Waals surface area contributed by atoms with E-state index >= 15 is 0 Å². The molecular weight excluding hydrogens is 685 g/mol. The van der Waals surface area contributed by atoms with Gasteiger partial charge in [0.2, 0.25) is 5.91 Å². The van der Waals surface area contributed by atoms with E-state index < -0.39 is 11.1 Å². The number of hydrogen-bond acceptors (Lipinski definition) is 5. The number of nitrogens with zero attached hydrogens (tertiary/aromatic N) is 2. The molecule has 2 saturated heterocycles. The zero-order valence-corrected chi connectivity index (χ0v) is 23.2. The Morgan fingerprint density at radius 2 is 1.76 bits per heavy atom. The van der Waals surface area contributed by atoms with Gasteiger partial charge >= 0.3 is 0 Å². The fraction of sp³-hybridized carbons (Fsp3) is 0.292. The monoisotopic (exact) mass is 706 g/mol. The summed E-state index contributed by atoms with van der Waals surface area (Å²) in [5.74, 6) is -0.338. The molecule has 2 heterocycles. The van der Waals surface area contributed by atoms with E-state index in [9.17, 15) is 18.8 Å². The molecule has 34 heavy (non-hydrogen) atoms. The lowest BCUT2D eigenvalue weighted by Crippen LogP contribution is -2.44. The summed E-state index contributed by atoms with van der Waals surface area (Å²) in [6, 6.07) is 10.1. The molecule has 0 bridgehead atoms. The van der Waals surface area contributed by atoms with Gasteiger partial charge in [0.1, 0.15) is 24.7 Å². The lowest BCUT2D eigenvalue weighted by molar-refractivity contribution is -0.136. The Balaban J connectivity index is 1.46. The van der Waals surface area contributed by atoms with Crippen LogP contribution in [0.1, 0.15) is 30.4 Å². The summed E-state index contributed by atoms with van der Waals surface area (Å²) in [4.78, 5) is 40.9. The smallest absolute Gasteiger partial charge is 0.294 e. The molecule has 0 aliphatic carbocycles. The molecule has 0 saturated carbocycles. The predicted octanol–water partition coefficient (Wildman–Crippen LogP) is 5.66. The molecule has 0 atom stereocenters. The molecule has 0 unspecified atom stereocenters. The van der Waals surface area contributed by atoms with Gasteiger partial charge in [-0.15, -0.1) is 0 Å². The number of carbonyl (C=O) groups is 3. The van der Waals surface area contributed by atoms with Crippen LogP contribution in [0.2, 0.25) is 0 Å². The van der Waals surface area contributed by atoms with E-state index in [0.717, 1.165) is 48.6 Å². The molecule has 6 nitrogen and oxygen atoms in total. The van der Waals surface area contributed by atoms with E-state index in [0.29, 0.717) is 24.4 Å². The maximum atomic E-state index is 13.9. The Hall–Kier alpha value is -1.67. The van der Waals surface area contributed by atoms with Gasteiger partial charge in [0.25, 0.3) is 11.1 Å². The Morgan fingerprint density at radius 1 is 1.09 bits per heavy atom. The Bertz CT molecular complexity index is 1140. The van der Waals surface area contributed by atoms with Crippen molar-refractivity contribution in [1.82, 2.24) is 9.80 Å². The highest BCUT2D eigenvalue weighted by Gasteiger charge is 2.37. The number of hydrogen-bond donors (Lipinski definition) is 0. The lowest BCUT2D eigenvalue weighted by atomic mass is 10.1. The number of rotatable bonds is 6. The summed E-state index contributed by atoms with van der Waals surface area (Å²) in [6.45, 7) is 1.22. The van der Waals surface area contributed by atoms with Crippen LogP contribution in [0.5, 0.6) is 5.75 Å². The highest BCUT2D eigenvalue weighted by atomic mass is 127. The molecule has 10 heteroatoms. The van der Waals surface area contributed by atoms with Crippen LogP contribution in [0.15, 0.2) is 41.3 Å². The molecule has 2 aliphatic heterocycles. The zero-order chi connectivity index (χ0) is 24.2. The van der Waals surface area contributed by atoms with Crippen LogP contribution >= 0.6 is 56.9 Å². The fourth-order valence-electron chi connectivity index (χ4n) is 3.73. The summed E-state index contributed by atoms with van der Waals surface area (Å²) in [5.41, 5.74) is 1.20. The van der Waals surface area contributed by atoms with Crippen LogP contribution in [-0.2, 0) is 16.2 Å². The first-order valence-corrected chi connectivity index (χ1v) is 13.7. The molecule has 4 rings (SSSR count). The van der Waals surface area contributed by atoms with Crippen LogP contribution in [-0.4, -0.2) is 46.5 Å². The van der Waals surface area contributed by atoms with Crippen molar-refractivity contribution in [3.63, 3.8) is 0 Å². The first-order chi connectivity index (χ1) is 16.3. The second-order valence-electron chi connectivity index (χ2n) is 7.90. The predicted molar refractivity (Wildman–Crippen MR) is 146 cm³/mol. The van der Waals surface area contributed by atoms with Gasteiger partial charge < -0.3 is 9.64 Å². The van der Waals surface area contributed by atoms with Crippen LogP contribution < -0.4 is 4.74 Å². The van der Waals surface area contributed by atoms with Crippen molar-refractivity contribution in [3.8, 4) is 5.75 Å². The van der Waals surface area contributed by atoms with Gasteiger partial charge in [0, 0.05) is 18.7 Å². The number of likely N-dealkylation sites (tertiary alicyclic amines) is 1. The summed E-state index contributed by atoms with van der Waals surface area (Å²) < 4.78 is 21.3. The molecule has 2 aromatic rings. The van der Waals surface area contributed by atoms with Crippen LogP contribution in [0.3, 0.4) is 0 Å². The second kappa shape index (κ2) is 11.4. The van der Waals surface area contributed by atoms with Crippen molar-refractivity contribution in [1.29, 1.82) is 0 Å². The van der Waals surface area contributed by atoms with Crippen molar-refractivity contribution in [3.05, 3.63) is 65.4 Å². The van der Waals surface area contributed by atoms with E-state index in [-0.39, 0.29) is 29.8 Å². The van der Waals surface area contributed by atoms with Gasteiger partial charge in [-0.05, 0) is 106 Å². The topological polar surface area (TPSA) is 66.9 Å². The molecule has 2 fully saturated rings. The Kier molecular flexibility index (Phi) is 8.51. The molecular formula is C24H21FI2N2O4S. The molecule has 0 spiro atoms. The summed E-state index contributed by atoms with van der Waals surface area (Å²) >= 11 is 5.10. The summed E-state index contributed by atoms with van der Waals surface area (Å²) in [6.07, 6.45) is 4.65. The van der Waals surface area contributed by atoms with E-state index in [1.807, 2.05) is 12.1 Å². The average Bonchev–Trinajstić information content (AvgIpc) is 3.07. The van der Waals surface area contributed by atoms with Gasteiger partial charge in [-0.1, -0.05) is 18.2 Å². The van der Waals surface area contributed by atoms with Gasteiger partial charge in [0.15, 0.2) is 0 Å². The number of imide groups is 1. The SMILES string of the molecule is O=C(CN1C(=O)S/C(=C\c2cc(I)c(OCc3ccccc3F)c(I)c2)C1=O)N1CCCCC1. The van der Waals surface area contributed by atoms with E-state index in [1.54, 1.807) is 29.2 Å². The normalized spacial score (nSPS) is 17.6. The van der Waals surface area contributed by atoms with Gasteiger partial charge in [-0.2, -0.15) is 0 Å². The number of halogens is 3. The lowest BCUT2D eigenvalue weighted by Gasteiger charge is -2.27. The Labute approximate surface area is 228 Å². The number of amides is 3. The highest BCUT2D eigenvalue weighted by Crippen LogP contribution is 2.35. The second-order valence-corrected chi connectivity index (χ2v) is 11.2. The number of piperidine rings is 1. The summed E-state index contributed by atoms with van der Waals surface area (Å²) in [7, 11) is 0. The van der Waals surface area contributed by atoms with Gasteiger partial charge in [0.05, 0.1) is 12.0 Å². The van der Waals surface area contributed by atoms with Crippen LogP contribution in [0.25, 0.3) is 6.08 Å². The van der Waals surface area contributed by atoms with Gasteiger partial charge in [-0.25, -0.2) is 4.39 Å². The third kappa shape index (κ3) is 5.93. The Morgan fingerprint density at radius 3 is 2.44 bits per heavy atom. The molecule has 3 amide bonds. The number of benzene rings is 2. The summed E-state index contributed by atoms with van der Waals surface area (Å²) in [5, 5.41) is -0.434. The van der Waals surface area contributed by atoms with Crippen molar-refractivity contribution in [2.24, 2.45) is 0 Å². The van der Waals surface area contributed by atoms with Gasteiger partial charge in [-0.3, -0.25) is 19.3 Å². The zero-order valence-electron chi connectivity index (χ0n) is 18.1. The van der Waals surface area contributed by atoms with Crippen LogP contribution in [0, 0.1) is 13.0 Å². The molecule has 2 aromatic carbocycles. The quantitative estimate of drug-likeness (QED) is 0.287. The maximum absolute atomic E-state index is 13.9. The minimum atomic E-state index is -0.453. The van der Waals surface area contributed by atoms with Crippen molar-refractivity contribution < 1.29 is 23.5 Å². The largest absolute Gasteiger partial charge is 0.487 e.